The van der Waals surface area contributed by atoms with Gasteiger partial charge in [-0.3, -0.25) is 0 Å². The zero-order chi connectivity index (χ0) is 8.65. The van der Waals surface area contributed by atoms with Crippen molar-refractivity contribution in [3.63, 3.8) is 0 Å². The first kappa shape index (κ1) is 7.71. The van der Waals surface area contributed by atoms with Crippen molar-refractivity contribution in [1.82, 2.24) is 0 Å². The summed E-state index contributed by atoms with van der Waals surface area (Å²) in [7, 11) is 0. The normalized spacial score (nSPS) is 20.9. The number of aliphatic imine (C=N–C) groups is 1. The van der Waals surface area contributed by atoms with Crippen LogP contribution in [0.4, 0.5) is 0 Å². The van der Waals surface area contributed by atoms with Gasteiger partial charge in [0.1, 0.15) is 0 Å². The summed E-state index contributed by atoms with van der Waals surface area (Å²) in [5, 5.41) is 8.36. The Kier molecular flexibility index (Phi) is 1.44. The van der Waals surface area contributed by atoms with Crippen LogP contribution in [0.15, 0.2) is 4.99 Å². The Balaban J connectivity index is 2.93. The van der Waals surface area contributed by atoms with Crippen LogP contribution in [0.5, 0.6) is 0 Å². The molecule has 0 aliphatic carbocycles. The summed E-state index contributed by atoms with van der Waals surface area (Å²) in [6.45, 7) is 2.98. The van der Waals surface area contributed by atoms with Gasteiger partial charge < -0.3 is 9.84 Å². The number of rotatable bonds is 1. The van der Waals surface area contributed by atoms with Gasteiger partial charge in [-0.05, 0) is 13.8 Å². The fourth-order valence-electron chi connectivity index (χ4n) is 0.626. The van der Waals surface area contributed by atoms with Gasteiger partial charge in [0.2, 0.25) is 0 Å². The molecule has 0 aromatic rings. The Morgan fingerprint density at radius 3 is 2.36 bits per heavy atom. The van der Waals surface area contributed by atoms with Crippen LogP contribution in [0.1, 0.15) is 13.8 Å². The highest BCUT2D eigenvalue weighted by molar-refractivity contribution is 6.35. The molecular weight excluding hydrogens is 150 g/mol. The fourth-order valence-corrected chi connectivity index (χ4v) is 0.626. The third-order valence-electron chi connectivity index (χ3n) is 1.25. The largest absolute Gasteiger partial charge is 0.474 e. The molecule has 0 aromatic carbocycles. The molecule has 0 spiro atoms. The minimum Gasteiger partial charge on any atom is -0.474 e. The van der Waals surface area contributed by atoms with E-state index in [1.807, 2.05) is 0 Å². The predicted octanol–water partition coefficient (Wildman–Crippen LogP) is -0.195. The molecule has 11 heavy (non-hydrogen) atoms. The number of aliphatic carboxylic acids is 1. The van der Waals surface area contributed by atoms with Gasteiger partial charge in [0.05, 0.1) is 0 Å². The molecule has 5 nitrogen and oxygen atoms in total. The molecule has 1 aliphatic heterocycles. The van der Waals surface area contributed by atoms with Crippen molar-refractivity contribution in [1.29, 1.82) is 0 Å². The molecule has 0 unspecified atom stereocenters. The topological polar surface area (TPSA) is 76.0 Å². The summed E-state index contributed by atoms with van der Waals surface area (Å²) in [5.74, 6) is -2.47. The predicted molar refractivity (Wildman–Crippen MR) is 35.2 cm³/mol. The Morgan fingerprint density at radius 2 is 2.18 bits per heavy atom. The summed E-state index contributed by atoms with van der Waals surface area (Å²) in [6.07, 6.45) is 0. The highest BCUT2D eigenvalue weighted by atomic mass is 16.6. The summed E-state index contributed by atoms with van der Waals surface area (Å²) >= 11 is 0. The SMILES string of the molecule is CC1(C)N=C(C(=O)O)OC1=O. The molecule has 1 aliphatic rings. The van der Waals surface area contributed by atoms with Crippen LogP contribution in [0, 0.1) is 0 Å². The van der Waals surface area contributed by atoms with E-state index in [0.29, 0.717) is 0 Å². The molecule has 1 rings (SSSR count). The van der Waals surface area contributed by atoms with Crippen molar-refractivity contribution in [2.75, 3.05) is 0 Å². The Labute approximate surface area is 62.7 Å². The number of carboxylic acids is 1. The molecule has 0 atom stereocenters. The van der Waals surface area contributed by atoms with E-state index in [9.17, 15) is 9.59 Å². The summed E-state index contributed by atoms with van der Waals surface area (Å²) in [6, 6.07) is 0. The molecule has 0 aromatic heterocycles. The molecule has 0 saturated heterocycles. The lowest BCUT2D eigenvalue weighted by Gasteiger charge is -2.05. The molecule has 0 fully saturated rings. The van der Waals surface area contributed by atoms with Gasteiger partial charge in [0.25, 0.3) is 0 Å². The average Bonchev–Trinajstić information content (AvgIpc) is 2.08. The van der Waals surface area contributed by atoms with Crippen molar-refractivity contribution >= 4 is 17.8 Å². The van der Waals surface area contributed by atoms with E-state index in [4.69, 9.17) is 5.11 Å². The summed E-state index contributed by atoms with van der Waals surface area (Å²) < 4.78 is 4.35. The van der Waals surface area contributed by atoms with Crippen molar-refractivity contribution < 1.29 is 19.4 Å². The highest BCUT2D eigenvalue weighted by Gasteiger charge is 2.39. The van der Waals surface area contributed by atoms with Crippen LogP contribution in [-0.4, -0.2) is 28.5 Å². The van der Waals surface area contributed by atoms with E-state index in [0.717, 1.165) is 0 Å². The van der Waals surface area contributed by atoms with Crippen LogP contribution in [0.2, 0.25) is 0 Å². The van der Waals surface area contributed by atoms with Crippen molar-refractivity contribution in [2.45, 2.75) is 19.4 Å². The zero-order valence-electron chi connectivity index (χ0n) is 6.12. The van der Waals surface area contributed by atoms with E-state index in [-0.39, 0.29) is 0 Å². The van der Waals surface area contributed by atoms with E-state index in [1.165, 1.54) is 13.8 Å². The number of cyclic esters (lactones) is 1. The smallest absolute Gasteiger partial charge is 0.391 e. The monoisotopic (exact) mass is 157 g/mol. The van der Waals surface area contributed by atoms with Crippen molar-refractivity contribution in [3.05, 3.63) is 0 Å². The van der Waals surface area contributed by atoms with E-state index >= 15 is 0 Å². The maximum Gasteiger partial charge on any atom is 0.391 e. The minimum absolute atomic E-state index is 0.528. The number of carbonyl (C=O) groups excluding carboxylic acids is 1. The van der Waals surface area contributed by atoms with Crippen molar-refractivity contribution in [3.8, 4) is 0 Å². The summed E-state index contributed by atoms with van der Waals surface area (Å²) in [4.78, 5) is 24.6. The highest BCUT2D eigenvalue weighted by Crippen LogP contribution is 2.18. The molecule has 0 amide bonds. The number of carboxylic acid groups (broad SMARTS) is 1. The first-order valence-electron chi connectivity index (χ1n) is 2.99. The third-order valence-corrected chi connectivity index (χ3v) is 1.25. The van der Waals surface area contributed by atoms with Gasteiger partial charge in [-0.25, -0.2) is 14.6 Å². The van der Waals surface area contributed by atoms with E-state index < -0.39 is 23.4 Å². The fraction of sp³-hybridized carbons (Fsp3) is 0.500. The molecule has 60 valence electrons. The second-order valence-electron chi connectivity index (χ2n) is 2.67. The van der Waals surface area contributed by atoms with Crippen LogP contribution in [0.25, 0.3) is 0 Å². The Morgan fingerprint density at radius 1 is 1.64 bits per heavy atom. The molecule has 1 heterocycles. The van der Waals surface area contributed by atoms with Gasteiger partial charge in [-0.15, -0.1) is 0 Å². The molecule has 0 bridgehead atoms. The Bertz CT molecular complexity index is 253. The summed E-state index contributed by atoms with van der Waals surface area (Å²) in [5.41, 5.74) is -1.05. The number of hydrogen-bond acceptors (Lipinski definition) is 4. The number of nitrogens with zero attached hydrogens (tertiary/aromatic N) is 1. The minimum atomic E-state index is -1.32. The second-order valence-corrected chi connectivity index (χ2v) is 2.67. The first-order chi connectivity index (χ1) is 4.93. The molecule has 1 N–H and O–H groups in total. The van der Waals surface area contributed by atoms with Gasteiger partial charge in [0.15, 0.2) is 5.54 Å². The number of hydrogen-bond donors (Lipinski definition) is 1. The number of esters is 1. The molecule has 0 saturated carbocycles. The first-order valence-corrected chi connectivity index (χ1v) is 2.99. The van der Waals surface area contributed by atoms with Gasteiger partial charge in [-0.1, -0.05) is 0 Å². The van der Waals surface area contributed by atoms with Crippen molar-refractivity contribution in [2.24, 2.45) is 4.99 Å². The zero-order valence-corrected chi connectivity index (χ0v) is 6.12. The van der Waals surface area contributed by atoms with Crippen LogP contribution >= 0.6 is 0 Å². The Hall–Kier alpha value is -1.39. The van der Waals surface area contributed by atoms with E-state index in [1.54, 1.807) is 0 Å². The lowest BCUT2D eigenvalue weighted by molar-refractivity contribution is -0.141. The quantitative estimate of drug-likeness (QED) is 0.535. The van der Waals surface area contributed by atoms with Gasteiger partial charge in [-0.2, -0.15) is 0 Å². The van der Waals surface area contributed by atoms with Gasteiger partial charge in [0, 0.05) is 0 Å². The van der Waals surface area contributed by atoms with Crippen LogP contribution in [-0.2, 0) is 14.3 Å². The molecule has 0 radical (unpaired) electrons. The third kappa shape index (κ3) is 1.21. The lowest BCUT2D eigenvalue weighted by Crippen LogP contribution is -2.25. The number of ether oxygens (including phenoxy) is 1. The second kappa shape index (κ2) is 2.05. The lowest BCUT2D eigenvalue weighted by atomic mass is 10.1. The van der Waals surface area contributed by atoms with Gasteiger partial charge >= 0.3 is 17.8 Å². The average molecular weight is 157 g/mol. The van der Waals surface area contributed by atoms with E-state index in [2.05, 4.69) is 9.73 Å². The maximum atomic E-state index is 10.8. The molecule has 5 heteroatoms. The standard InChI is InChI=1S/C6H7NO4/c1-6(2)5(10)11-3(7-6)4(8)9/h1-2H3,(H,8,9). The van der Waals surface area contributed by atoms with Crippen LogP contribution < -0.4 is 0 Å². The maximum absolute atomic E-state index is 10.8. The molecular formula is C6H7NO4. The number of carbonyl (C=O) groups is 2. The van der Waals surface area contributed by atoms with Crippen LogP contribution in [0.3, 0.4) is 0 Å².